The molecule has 1 aromatic rings. The second-order valence-corrected chi connectivity index (χ2v) is 5.97. The Bertz CT molecular complexity index is 465. The van der Waals surface area contributed by atoms with Crippen LogP contribution in [0.4, 0.5) is 0 Å². The van der Waals surface area contributed by atoms with Crippen LogP contribution >= 0.6 is 15.9 Å². The van der Waals surface area contributed by atoms with Gasteiger partial charge in [-0.15, -0.1) is 0 Å². The molecule has 4 nitrogen and oxygen atoms in total. The van der Waals surface area contributed by atoms with Gasteiger partial charge >= 0.3 is 0 Å². The largest absolute Gasteiger partial charge is 0.381 e. The lowest BCUT2D eigenvalue weighted by atomic mass is 9.96. The van der Waals surface area contributed by atoms with Crippen molar-refractivity contribution in [1.29, 1.82) is 0 Å². The van der Waals surface area contributed by atoms with E-state index in [9.17, 15) is 4.79 Å². The first-order valence-electron chi connectivity index (χ1n) is 6.42. The fraction of sp³-hybridized carbons (Fsp3) is 0.692. The number of halogens is 1. The molecule has 0 radical (unpaired) electrons. The predicted molar refractivity (Wildman–Crippen MR) is 73.8 cm³/mol. The first kappa shape index (κ1) is 13.7. The minimum Gasteiger partial charge on any atom is -0.381 e. The van der Waals surface area contributed by atoms with Gasteiger partial charge in [-0.25, -0.2) is 4.98 Å². The molecule has 1 fully saturated rings. The molecule has 0 aliphatic carbocycles. The van der Waals surface area contributed by atoms with Crippen molar-refractivity contribution in [2.75, 3.05) is 13.2 Å². The lowest BCUT2D eigenvalue weighted by Gasteiger charge is -2.22. The first-order valence-corrected chi connectivity index (χ1v) is 7.21. The average molecular weight is 315 g/mol. The Morgan fingerprint density at radius 2 is 2.17 bits per heavy atom. The molecule has 0 amide bonds. The molecule has 0 atom stereocenters. The van der Waals surface area contributed by atoms with Crippen molar-refractivity contribution in [2.45, 2.75) is 39.2 Å². The third-order valence-corrected chi connectivity index (χ3v) is 3.92. The van der Waals surface area contributed by atoms with Crippen molar-refractivity contribution in [3.05, 3.63) is 26.8 Å². The van der Waals surface area contributed by atoms with Crippen LogP contribution in [-0.2, 0) is 11.3 Å². The van der Waals surface area contributed by atoms with Crippen LogP contribution in [0.1, 0.15) is 38.3 Å². The molecule has 18 heavy (non-hydrogen) atoms. The summed E-state index contributed by atoms with van der Waals surface area (Å²) in [6.07, 6.45) is 3.57. The summed E-state index contributed by atoms with van der Waals surface area (Å²) in [4.78, 5) is 16.7. The van der Waals surface area contributed by atoms with Crippen LogP contribution in [0.15, 0.2) is 15.6 Å². The first-order chi connectivity index (χ1) is 8.59. The maximum atomic E-state index is 12.2. The van der Waals surface area contributed by atoms with Gasteiger partial charge in [-0.1, -0.05) is 13.8 Å². The van der Waals surface area contributed by atoms with Crippen LogP contribution in [0, 0.1) is 5.92 Å². The summed E-state index contributed by atoms with van der Waals surface area (Å²) in [5, 5.41) is 0. The van der Waals surface area contributed by atoms with Gasteiger partial charge in [-0.2, -0.15) is 0 Å². The summed E-state index contributed by atoms with van der Waals surface area (Å²) in [7, 11) is 0. The van der Waals surface area contributed by atoms with Crippen molar-refractivity contribution in [3.63, 3.8) is 0 Å². The van der Waals surface area contributed by atoms with E-state index in [1.807, 2.05) is 0 Å². The number of aromatic nitrogens is 2. The van der Waals surface area contributed by atoms with E-state index in [1.54, 1.807) is 10.9 Å². The smallest absolute Gasteiger partial charge is 0.267 e. The zero-order chi connectivity index (χ0) is 13.1. The van der Waals surface area contributed by atoms with Gasteiger partial charge in [-0.3, -0.25) is 9.36 Å². The monoisotopic (exact) mass is 314 g/mol. The van der Waals surface area contributed by atoms with Gasteiger partial charge in [0.1, 0.15) is 4.47 Å². The average Bonchev–Trinajstić information content (AvgIpc) is 2.36. The summed E-state index contributed by atoms with van der Waals surface area (Å²) < 4.78 is 7.64. The molecule has 0 unspecified atom stereocenters. The van der Waals surface area contributed by atoms with Crippen molar-refractivity contribution in [1.82, 2.24) is 9.55 Å². The number of rotatable bonds is 3. The van der Waals surface area contributed by atoms with Gasteiger partial charge < -0.3 is 4.74 Å². The molecule has 0 bridgehead atoms. The van der Waals surface area contributed by atoms with Gasteiger partial charge in [0, 0.05) is 25.7 Å². The van der Waals surface area contributed by atoms with Crippen LogP contribution in [0.2, 0.25) is 0 Å². The highest BCUT2D eigenvalue weighted by molar-refractivity contribution is 9.10. The van der Waals surface area contributed by atoms with Gasteiger partial charge in [0.15, 0.2) is 0 Å². The minimum absolute atomic E-state index is 0.0280. The molecule has 1 aliphatic heterocycles. The Balaban J connectivity index is 2.28. The predicted octanol–water partition coefficient (Wildman–Crippen LogP) is 2.56. The topological polar surface area (TPSA) is 44.1 Å². The van der Waals surface area contributed by atoms with E-state index in [0.29, 0.717) is 22.9 Å². The van der Waals surface area contributed by atoms with Gasteiger partial charge in [0.05, 0.1) is 12.0 Å². The van der Waals surface area contributed by atoms with Crippen molar-refractivity contribution < 1.29 is 4.74 Å². The third kappa shape index (κ3) is 3.01. The quantitative estimate of drug-likeness (QED) is 0.861. The van der Waals surface area contributed by atoms with Gasteiger partial charge in [0.2, 0.25) is 0 Å². The van der Waals surface area contributed by atoms with Crippen molar-refractivity contribution in [3.8, 4) is 0 Å². The SMILES string of the molecule is CC(C)Cn1cnc(C2CCOCC2)c(Br)c1=O. The zero-order valence-corrected chi connectivity index (χ0v) is 12.4. The highest BCUT2D eigenvalue weighted by atomic mass is 79.9. The van der Waals surface area contributed by atoms with Gasteiger partial charge in [-0.05, 0) is 34.7 Å². The molecule has 5 heteroatoms. The summed E-state index contributed by atoms with van der Waals surface area (Å²) in [6, 6.07) is 0. The minimum atomic E-state index is 0.0280. The molecule has 0 saturated carbocycles. The van der Waals surface area contributed by atoms with E-state index in [4.69, 9.17) is 4.74 Å². The molecular weight excluding hydrogens is 296 g/mol. The van der Waals surface area contributed by atoms with Gasteiger partial charge in [0.25, 0.3) is 5.56 Å². The van der Waals surface area contributed by atoms with E-state index in [-0.39, 0.29) is 5.56 Å². The summed E-state index contributed by atoms with van der Waals surface area (Å²) in [6.45, 7) is 6.40. The van der Waals surface area contributed by atoms with E-state index in [0.717, 1.165) is 31.7 Å². The number of hydrogen-bond donors (Lipinski definition) is 0. The van der Waals surface area contributed by atoms with Crippen molar-refractivity contribution in [2.24, 2.45) is 5.92 Å². The highest BCUT2D eigenvalue weighted by Gasteiger charge is 2.21. The van der Waals surface area contributed by atoms with E-state index in [2.05, 4.69) is 34.8 Å². The molecule has 1 saturated heterocycles. The molecule has 0 N–H and O–H groups in total. The van der Waals surface area contributed by atoms with E-state index >= 15 is 0 Å². The lowest BCUT2D eigenvalue weighted by Crippen LogP contribution is -2.26. The fourth-order valence-electron chi connectivity index (χ4n) is 2.26. The van der Waals surface area contributed by atoms with Crippen LogP contribution in [0.3, 0.4) is 0 Å². The Morgan fingerprint density at radius 1 is 1.50 bits per heavy atom. The normalized spacial score (nSPS) is 17.3. The molecule has 100 valence electrons. The lowest BCUT2D eigenvalue weighted by molar-refractivity contribution is 0.0842. The Kier molecular flexibility index (Phi) is 4.56. The summed E-state index contributed by atoms with van der Waals surface area (Å²) in [5.74, 6) is 0.778. The van der Waals surface area contributed by atoms with E-state index < -0.39 is 0 Å². The maximum Gasteiger partial charge on any atom is 0.267 e. The van der Waals surface area contributed by atoms with E-state index in [1.165, 1.54) is 0 Å². The molecule has 1 aromatic heterocycles. The summed E-state index contributed by atoms with van der Waals surface area (Å²) >= 11 is 3.42. The van der Waals surface area contributed by atoms with Crippen LogP contribution < -0.4 is 5.56 Å². The Labute approximate surface area is 116 Å². The molecule has 0 aromatic carbocycles. The molecule has 2 heterocycles. The highest BCUT2D eigenvalue weighted by Crippen LogP contribution is 2.28. The second-order valence-electron chi connectivity index (χ2n) is 5.18. The summed E-state index contributed by atoms with van der Waals surface area (Å²) in [5.41, 5.74) is 0.920. The van der Waals surface area contributed by atoms with Crippen LogP contribution in [0.5, 0.6) is 0 Å². The van der Waals surface area contributed by atoms with Crippen molar-refractivity contribution >= 4 is 15.9 Å². The number of ether oxygens (including phenoxy) is 1. The third-order valence-electron chi connectivity index (χ3n) is 3.18. The standard InChI is InChI=1S/C13H19BrN2O2/c1-9(2)7-16-8-15-12(11(14)13(16)17)10-3-5-18-6-4-10/h8-10H,3-7H2,1-2H3. The van der Waals surface area contributed by atoms with Crippen LogP contribution in [-0.4, -0.2) is 22.8 Å². The molecule has 0 spiro atoms. The number of nitrogens with zero attached hydrogens (tertiary/aromatic N) is 2. The Morgan fingerprint density at radius 3 is 2.78 bits per heavy atom. The Hall–Kier alpha value is -0.680. The number of hydrogen-bond acceptors (Lipinski definition) is 3. The molecule has 1 aliphatic rings. The fourth-order valence-corrected chi connectivity index (χ4v) is 2.91. The van der Waals surface area contributed by atoms with Crippen LogP contribution in [0.25, 0.3) is 0 Å². The zero-order valence-electron chi connectivity index (χ0n) is 10.9. The maximum absolute atomic E-state index is 12.2. The molecular formula is C13H19BrN2O2. The second kappa shape index (κ2) is 5.97. The molecule has 2 rings (SSSR count).